The summed E-state index contributed by atoms with van der Waals surface area (Å²) >= 11 is 0. The number of hydrogen-bond acceptors (Lipinski definition) is 4. The van der Waals surface area contributed by atoms with Gasteiger partial charge in [0, 0.05) is 6.54 Å². The van der Waals surface area contributed by atoms with Gasteiger partial charge in [-0.2, -0.15) is 0 Å². The third kappa shape index (κ3) is 4.82. The molecule has 1 aliphatic rings. The summed E-state index contributed by atoms with van der Waals surface area (Å²) < 4.78 is 4.94. The lowest BCUT2D eigenvalue weighted by Crippen LogP contribution is -2.49. The molecule has 19 heavy (non-hydrogen) atoms. The number of carbonyl (C=O) groups is 2. The molecule has 1 rings (SSSR count). The Kier molecular flexibility index (Phi) is 6.28. The smallest absolute Gasteiger partial charge is 0.325 e. The fourth-order valence-electron chi connectivity index (χ4n) is 2.40. The van der Waals surface area contributed by atoms with Gasteiger partial charge >= 0.3 is 5.97 Å². The van der Waals surface area contributed by atoms with Crippen LogP contribution in [-0.2, 0) is 14.3 Å². The minimum atomic E-state index is -0.331. The van der Waals surface area contributed by atoms with E-state index in [1.165, 1.54) is 0 Å². The molecule has 1 saturated heterocycles. The SMILES string of the molecule is CCOC(=O)CN(CC(C)C)C(=O)C1NCCC1C. The average Bonchev–Trinajstić information content (AvgIpc) is 2.73. The molecule has 0 saturated carbocycles. The van der Waals surface area contributed by atoms with Crippen molar-refractivity contribution < 1.29 is 14.3 Å². The summed E-state index contributed by atoms with van der Waals surface area (Å²) in [5, 5.41) is 3.22. The highest BCUT2D eigenvalue weighted by Gasteiger charge is 2.33. The summed E-state index contributed by atoms with van der Waals surface area (Å²) in [6.07, 6.45) is 1.01. The second-order valence-electron chi connectivity index (χ2n) is 5.62. The molecule has 2 atom stereocenters. The third-order valence-electron chi connectivity index (χ3n) is 3.32. The Morgan fingerprint density at radius 2 is 2.11 bits per heavy atom. The molecule has 1 N–H and O–H groups in total. The Bertz CT molecular complexity index is 318. The molecule has 1 aliphatic heterocycles. The molecule has 0 radical (unpaired) electrons. The van der Waals surface area contributed by atoms with Crippen LogP contribution < -0.4 is 5.32 Å². The summed E-state index contributed by atoms with van der Waals surface area (Å²) in [5.41, 5.74) is 0. The van der Waals surface area contributed by atoms with E-state index < -0.39 is 0 Å². The minimum absolute atomic E-state index is 0.0201. The van der Waals surface area contributed by atoms with Gasteiger partial charge in [0.1, 0.15) is 6.54 Å². The minimum Gasteiger partial charge on any atom is -0.465 e. The van der Waals surface area contributed by atoms with Crippen molar-refractivity contribution in [1.29, 1.82) is 0 Å². The topological polar surface area (TPSA) is 58.6 Å². The summed E-state index contributed by atoms with van der Waals surface area (Å²) in [5.74, 6) is 0.341. The van der Waals surface area contributed by atoms with Crippen LogP contribution in [0.25, 0.3) is 0 Å². The van der Waals surface area contributed by atoms with Crippen LogP contribution in [0.2, 0.25) is 0 Å². The summed E-state index contributed by atoms with van der Waals surface area (Å²) in [4.78, 5) is 25.7. The Morgan fingerprint density at radius 3 is 2.58 bits per heavy atom. The number of nitrogens with one attached hydrogen (secondary N) is 1. The average molecular weight is 270 g/mol. The first-order valence-corrected chi connectivity index (χ1v) is 7.13. The number of rotatable bonds is 6. The summed E-state index contributed by atoms with van der Waals surface area (Å²) in [6, 6.07) is -0.159. The molecule has 1 heterocycles. The van der Waals surface area contributed by atoms with Crippen LogP contribution in [0.15, 0.2) is 0 Å². The first kappa shape index (κ1) is 16.0. The zero-order chi connectivity index (χ0) is 14.4. The van der Waals surface area contributed by atoms with Gasteiger partial charge in [0.15, 0.2) is 0 Å². The van der Waals surface area contributed by atoms with E-state index in [1.54, 1.807) is 11.8 Å². The highest BCUT2D eigenvalue weighted by Crippen LogP contribution is 2.17. The molecule has 2 unspecified atom stereocenters. The van der Waals surface area contributed by atoms with Crippen molar-refractivity contribution in [3.63, 3.8) is 0 Å². The molecule has 0 aromatic heterocycles. The van der Waals surface area contributed by atoms with Crippen LogP contribution in [0.3, 0.4) is 0 Å². The summed E-state index contributed by atoms with van der Waals surface area (Å²) in [6.45, 7) is 9.77. The number of carbonyl (C=O) groups excluding carboxylic acids is 2. The van der Waals surface area contributed by atoms with E-state index in [2.05, 4.69) is 12.2 Å². The fourth-order valence-corrected chi connectivity index (χ4v) is 2.40. The molecule has 1 amide bonds. The number of amides is 1. The van der Waals surface area contributed by atoms with Gasteiger partial charge in [-0.3, -0.25) is 9.59 Å². The van der Waals surface area contributed by atoms with Crippen molar-refractivity contribution in [2.75, 3.05) is 26.2 Å². The van der Waals surface area contributed by atoms with Gasteiger partial charge in [0.2, 0.25) is 5.91 Å². The lowest BCUT2D eigenvalue weighted by Gasteiger charge is -2.28. The van der Waals surface area contributed by atoms with Crippen LogP contribution in [-0.4, -0.2) is 49.1 Å². The van der Waals surface area contributed by atoms with Crippen molar-refractivity contribution in [2.24, 2.45) is 11.8 Å². The molecule has 0 aromatic carbocycles. The Labute approximate surface area is 115 Å². The maximum atomic E-state index is 12.5. The van der Waals surface area contributed by atoms with Crippen molar-refractivity contribution >= 4 is 11.9 Å². The Morgan fingerprint density at radius 1 is 1.42 bits per heavy atom. The number of esters is 1. The Balaban J connectivity index is 2.66. The maximum Gasteiger partial charge on any atom is 0.325 e. The number of nitrogens with zero attached hydrogens (tertiary/aromatic N) is 1. The molecule has 0 bridgehead atoms. The highest BCUT2D eigenvalue weighted by atomic mass is 16.5. The molecule has 0 spiro atoms. The quantitative estimate of drug-likeness (QED) is 0.732. The van der Waals surface area contributed by atoms with Crippen LogP contribution in [0.4, 0.5) is 0 Å². The van der Waals surface area contributed by atoms with E-state index in [0.29, 0.717) is 25.0 Å². The van der Waals surface area contributed by atoms with Gasteiger partial charge in [-0.25, -0.2) is 0 Å². The van der Waals surface area contributed by atoms with E-state index in [0.717, 1.165) is 13.0 Å². The second kappa shape index (κ2) is 7.48. The first-order chi connectivity index (χ1) is 8.95. The summed E-state index contributed by atoms with van der Waals surface area (Å²) in [7, 11) is 0. The standard InChI is InChI=1S/C14H26N2O3/c1-5-19-12(17)9-16(8-10(2)3)14(18)13-11(4)6-7-15-13/h10-11,13,15H,5-9H2,1-4H3. The van der Waals surface area contributed by atoms with Gasteiger partial charge in [-0.1, -0.05) is 20.8 Å². The molecule has 5 heteroatoms. The van der Waals surface area contributed by atoms with E-state index in [4.69, 9.17) is 4.74 Å². The molecule has 0 aromatic rings. The monoisotopic (exact) mass is 270 g/mol. The van der Waals surface area contributed by atoms with Crippen LogP contribution >= 0.6 is 0 Å². The number of ether oxygens (including phenoxy) is 1. The second-order valence-corrected chi connectivity index (χ2v) is 5.62. The predicted molar refractivity (Wildman–Crippen MR) is 73.6 cm³/mol. The van der Waals surface area contributed by atoms with Crippen molar-refractivity contribution in [1.82, 2.24) is 10.2 Å². The zero-order valence-corrected chi connectivity index (χ0v) is 12.4. The first-order valence-electron chi connectivity index (χ1n) is 7.13. The third-order valence-corrected chi connectivity index (χ3v) is 3.32. The van der Waals surface area contributed by atoms with E-state index in [-0.39, 0.29) is 24.5 Å². The molecule has 0 aliphatic carbocycles. The predicted octanol–water partition coefficient (Wildman–Crippen LogP) is 1.03. The maximum absolute atomic E-state index is 12.5. The van der Waals surface area contributed by atoms with Crippen molar-refractivity contribution in [3.05, 3.63) is 0 Å². The van der Waals surface area contributed by atoms with E-state index >= 15 is 0 Å². The molecule has 5 nitrogen and oxygen atoms in total. The van der Waals surface area contributed by atoms with Crippen LogP contribution in [0.1, 0.15) is 34.1 Å². The largest absolute Gasteiger partial charge is 0.465 e. The van der Waals surface area contributed by atoms with Gasteiger partial charge in [0.25, 0.3) is 0 Å². The fraction of sp³-hybridized carbons (Fsp3) is 0.857. The van der Waals surface area contributed by atoms with E-state index in [1.807, 2.05) is 13.8 Å². The van der Waals surface area contributed by atoms with Gasteiger partial charge in [-0.05, 0) is 31.7 Å². The van der Waals surface area contributed by atoms with Crippen molar-refractivity contribution in [2.45, 2.75) is 40.2 Å². The van der Waals surface area contributed by atoms with Crippen molar-refractivity contribution in [3.8, 4) is 0 Å². The molecule has 110 valence electrons. The molecule has 1 fully saturated rings. The van der Waals surface area contributed by atoms with Gasteiger partial charge < -0.3 is 15.0 Å². The molecular formula is C14H26N2O3. The molecular weight excluding hydrogens is 244 g/mol. The lowest BCUT2D eigenvalue weighted by atomic mass is 10.0. The lowest BCUT2D eigenvalue weighted by molar-refractivity contribution is -0.150. The van der Waals surface area contributed by atoms with Crippen LogP contribution in [0, 0.1) is 11.8 Å². The normalized spacial score (nSPS) is 22.6. The van der Waals surface area contributed by atoms with E-state index in [9.17, 15) is 9.59 Å². The highest BCUT2D eigenvalue weighted by molar-refractivity contribution is 5.86. The van der Waals surface area contributed by atoms with Crippen LogP contribution in [0.5, 0.6) is 0 Å². The van der Waals surface area contributed by atoms with Gasteiger partial charge in [-0.15, -0.1) is 0 Å². The zero-order valence-electron chi connectivity index (χ0n) is 12.4. The Hall–Kier alpha value is -1.10. The number of hydrogen-bond donors (Lipinski definition) is 1. The van der Waals surface area contributed by atoms with Gasteiger partial charge in [0.05, 0.1) is 12.6 Å².